The van der Waals surface area contributed by atoms with Crippen molar-refractivity contribution in [3.8, 4) is 17.0 Å². The highest BCUT2D eigenvalue weighted by Crippen LogP contribution is 2.32. The van der Waals surface area contributed by atoms with Gasteiger partial charge in [-0.3, -0.25) is 0 Å². The van der Waals surface area contributed by atoms with Gasteiger partial charge < -0.3 is 10.1 Å². The molecule has 0 amide bonds. The number of ether oxygens (including phenoxy) is 1. The molecule has 0 atom stereocenters. The molecule has 0 bridgehead atoms. The maximum atomic E-state index is 6.23. The number of methoxy groups -OCH3 is 1. The summed E-state index contributed by atoms with van der Waals surface area (Å²) in [5.41, 5.74) is 2.79. The summed E-state index contributed by atoms with van der Waals surface area (Å²) in [6.45, 7) is 0.644. The number of aromatic nitrogens is 1. The summed E-state index contributed by atoms with van der Waals surface area (Å²) in [5.74, 6) is 0.859. The topological polar surface area (TPSA) is 34.1 Å². The molecule has 3 rings (SSSR count). The maximum Gasteiger partial charge on any atom is 0.183 e. The fraction of sp³-hybridized carbons (Fsp3) is 0.118. The number of nitrogens with zero attached hydrogens (tertiary/aromatic N) is 1. The Hall–Kier alpha value is -1.75. The largest absolute Gasteiger partial charge is 0.496 e. The fourth-order valence-corrected chi connectivity index (χ4v) is 3.41. The molecule has 23 heavy (non-hydrogen) atoms. The Kier molecular flexibility index (Phi) is 5.06. The summed E-state index contributed by atoms with van der Waals surface area (Å²) < 4.78 is 5.35. The number of halogens is 2. The molecule has 1 N–H and O–H groups in total. The Labute approximate surface area is 148 Å². The van der Waals surface area contributed by atoms with Crippen molar-refractivity contribution in [1.82, 2.24) is 4.98 Å². The van der Waals surface area contributed by atoms with Crippen molar-refractivity contribution < 1.29 is 4.74 Å². The number of hydrogen-bond acceptors (Lipinski definition) is 4. The summed E-state index contributed by atoms with van der Waals surface area (Å²) in [7, 11) is 1.67. The lowest BCUT2D eigenvalue weighted by molar-refractivity contribution is 0.410. The molecule has 1 heterocycles. The quantitative estimate of drug-likeness (QED) is 0.626. The Morgan fingerprint density at radius 2 is 2.00 bits per heavy atom. The van der Waals surface area contributed by atoms with Gasteiger partial charge in [-0.1, -0.05) is 41.4 Å². The zero-order valence-electron chi connectivity index (χ0n) is 12.3. The Morgan fingerprint density at radius 1 is 1.17 bits per heavy atom. The van der Waals surface area contributed by atoms with Crippen molar-refractivity contribution in [2.24, 2.45) is 0 Å². The number of para-hydroxylation sites is 1. The van der Waals surface area contributed by atoms with E-state index in [9.17, 15) is 0 Å². The Morgan fingerprint density at radius 3 is 2.78 bits per heavy atom. The number of hydrogen-bond donors (Lipinski definition) is 1. The van der Waals surface area contributed by atoms with Gasteiger partial charge >= 0.3 is 0 Å². The van der Waals surface area contributed by atoms with Gasteiger partial charge in [0.1, 0.15) is 5.75 Å². The van der Waals surface area contributed by atoms with Crippen LogP contribution in [0.25, 0.3) is 11.3 Å². The first-order chi connectivity index (χ1) is 11.2. The van der Waals surface area contributed by atoms with Crippen molar-refractivity contribution in [3.63, 3.8) is 0 Å². The average molecular weight is 365 g/mol. The van der Waals surface area contributed by atoms with Crippen molar-refractivity contribution >= 4 is 39.7 Å². The minimum absolute atomic E-state index is 0.596. The SMILES string of the molecule is COc1ccccc1CNc1nc(-c2ccc(Cl)cc2Cl)cs1. The van der Waals surface area contributed by atoms with E-state index in [1.165, 1.54) is 11.3 Å². The van der Waals surface area contributed by atoms with Crippen LogP contribution in [0.4, 0.5) is 5.13 Å². The average Bonchev–Trinajstić information content (AvgIpc) is 3.02. The van der Waals surface area contributed by atoms with Crippen molar-refractivity contribution in [1.29, 1.82) is 0 Å². The van der Waals surface area contributed by atoms with Crippen LogP contribution in [0.3, 0.4) is 0 Å². The second kappa shape index (κ2) is 7.21. The molecule has 0 aliphatic heterocycles. The van der Waals surface area contributed by atoms with E-state index >= 15 is 0 Å². The monoisotopic (exact) mass is 364 g/mol. The highest BCUT2D eigenvalue weighted by atomic mass is 35.5. The molecule has 0 saturated heterocycles. The molecule has 0 saturated carbocycles. The van der Waals surface area contributed by atoms with Gasteiger partial charge in [0, 0.05) is 28.1 Å². The molecule has 0 aliphatic rings. The van der Waals surface area contributed by atoms with Crippen molar-refractivity contribution in [2.75, 3.05) is 12.4 Å². The van der Waals surface area contributed by atoms with Gasteiger partial charge in [0.2, 0.25) is 0 Å². The van der Waals surface area contributed by atoms with Gasteiger partial charge in [0.05, 0.1) is 17.8 Å². The van der Waals surface area contributed by atoms with Crippen LogP contribution in [0, 0.1) is 0 Å². The third kappa shape index (κ3) is 3.78. The zero-order chi connectivity index (χ0) is 16.2. The summed E-state index contributed by atoms with van der Waals surface area (Å²) in [5, 5.41) is 7.33. The first-order valence-corrected chi connectivity index (χ1v) is 8.57. The lowest BCUT2D eigenvalue weighted by atomic mass is 10.2. The Balaban J connectivity index is 1.75. The molecule has 2 aromatic carbocycles. The molecule has 0 fully saturated rings. The molecule has 0 spiro atoms. The summed E-state index contributed by atoms with van der Waals surface area (Å²) in [4.78, 5) is 4.58. The van der Waals surface area contributed by atoms with E-state index in [1.54, 1.807) is 13.2 Å². The summed E-state index contributed by atoms with van der Waals surface area (Å²) >= 11 is 13.7. The molecule has 118 valence electrons. The maximum absolute atomic E-state index is 6.23. The van der Waals surface area contributed by atoms with Crippen LogP contribution in [-0.2, 0) is 6.54 Å². The van der Waals surface area contributed by atoms with Gasteiger partial charge in [-0.25, -0.2) is 4.98 Å². The molecule has 1 aromatic heterocycles. The van der Waals surface area contributed by atoms with Gasteiger partial charge in [-0.15, -0.1) is 11.3 Å². The van der Waals surface area contributed by atoms with E-state index in [0.717, 1.165) is 27.7 Å². The first-order valence-electron chi connectivity index (χ1n) is 6.94. The molecule has 0 radical (unpaired) electrons. The fourth-order valence-electron chi connectivity index (χ4n) is 2.20. The molecule has 3 nitrogen and oxygen atoms in total. The first kappa shape index (κ1) is 16.1. The zero-order valence-corrected chi connectivity index (χ0v) is 14.7. The van der Waals surface area contributed by atoms with Gasteiger partial charge in [0.25, 0.3) is 0 Å². The second-order valence-electron chi connectivity index (χ2n) is 4.83. The van der Waals surface area contributed by atoms with E-state index in [4.69, 9.17) is 27.9 Å². The van der Waals surface area contributed by atoms with E-state index in [2.05, 4.69) is 10.3 Å². The van der Waals surface area contributed by atoms with Crippen LogP contribution in [0.15, 0.2) is 47.8 Å². The molecule has 0 unspecified atom stereocenters. The summed E-state index contributed by atoms with van der Waals surface area (Å²) in [6.07, 6.45) is 0. The normalized spacial score (nSPS) is 10.6. The van der Waals surface area contributed by atoms with E-state index < -0.39 is 0 Å². The highest BCUT2D eigenvalue weighted by molar-refractivity contribution is 7.14. The molecule has 3 aromatic rings. The predicted octanol–water partition coefficient (Wildman–Crippen LogP) is 5.74. The van der Waals surface area contributed by atoms with E-state index in [0.29, 0.717) is 16.6 Å². The Bertz CT molecular complexity index is 820. The standard InChI is InChI=1S/C17H14Cl2N2OS/c1-22-16-5-3-2-4-11(16)9-20-17-21-15(10-23-17)13-7-6-12(18)8-14(13)19/h2-8,10H,9H2,1H3,(H,20,21). The molecular formula is C17H14Cl2N2OS. The van der Waals surface area contributed by atoms with Crippen LogP contribution in [-0.4, -0.2) is 12.1 Å². The number of anilines is 1. The van der Waals surface area contributed by atoms with Crippen LogP contribution in [0.1, 0.15) is 5.56 Å². The second-order valence-corrected chi connectivity index (χ2v) is 6.53. The van der Waals surface area contributed by atoms with E-state index in [1.807, 2.05) is 41.8 Å². The summed E-state index contributed by atoms with van der Waals surface area (Å²) in [6, 6.07) is 13.3. The van der Waals surface area contributed by atoms with Crippen molar-refractivity contribution in [2.45, 2.75) is 6.54 Å². The number of rotatable bonds is 5. The minimum Gasteiger partial charge on any atom is -0.496 e. The number of thiazole rings is 1. The lowest BCUT2D eigenvalue weighted by Crippen LogP contribution is -2.01. The van der Waals surface area contributed by atoms with Crippen molar-refractivity contribution in [3.05, 3.63) is 63.5 Å². The third-order valence-electron chi connectivity index (χ3n) is 3.33. The molecule has 0 aliphatic carbocycles. The van der Waals surface area contributed by atoms with Gasteiger partial charge in [-0.2, -0.15) is 0 Å². The predicted molar refractivity (Wildman–Crippen MR) is 97.9 cm³/mol. The molecular weight excluding hydrogens is 351 g/mol. The lowest BCUT2D eigenvalue weighted by Gasteiger charge is -2.08. The molecule has 6 heteroatoms. The smallest absolute Gasteiger partial charge is 0.183 e. The minimum atomic E-state index is 0.596. The van der Waals surface area contributed by atoms with E-state index in [-0.39, 0.29) is 0 Å². The van der Waals surface area contributed by atoms with Crippen LogP contribution in [0.5, 0.6) is 5.75 Å². The van der Waals surface area contributed by atoms with Crippen LogP contribution in [0.2, 0.25) is 10.0 Å². The van der Waals surface area contributed by atoms with Gasteiger partial charge in [-0.05, 0) is 24.3 Å². The third-order valence-corrected chi connectivity index (χ3v) is 4.68. The highest BCUT2D eigenvalue weighted by Gasteiger charge is 2.09. The number of benzene rings is 2. The number of nitrogens with one attached hydrogen (secondary N) is 1. The van der Waals surface area contributed by atoms with Gasteiger partial charge in [0.15, 0.2) is 5.13 Å². The van der Waals surface area contributed by atoms with Crippen LogP contribution >= 0.6 is 34.5 Å². The van der Waals surface area contributed by atoms with Crippen LogP contribution < -0.4 is 10.1 Å².